The molecular weight excluding hydrogens is 286 g/mol. The molecule has 1 aromatic rings. The molecule has 0 spiro atoms. The van der Waals surface area contributed by atoms with E-state index in [2.05, 4.69) is 25.4 Å². The number of amidine groups is 1. The Bertz CT molecular complexity index is 588. The van der Waals surface area contributed by atoms with Gasteiger partial charge >= 0.3 is 0 Å². The lowest BCUT2D eigenvalue weighted by Crippen LogP contribution is -2.41. The summed E-state index contributed by atoms with van der Waals surface area (Å²) >= 11 is 0. The summed E-state index contributed by atoms with van der Waals surface area (Å²) in [7, 11) is -2.65. The van der Waals surface area contributed by atoms with Crippen LogP contribution in [0.3, 0.4) is 0 Å². The minimum atomic E-state index is -2.65. The Hall–Kier alpha value is -1.88. The van der Waals surface area contributed by atoms with Gasteiger partial charge in [-0.3, -0.25) is 0 Å². The molecule has 1 aliphatic rings. The van der Waals surface area contributed by atoms with Crippen molar-refractivity contribution in [2.24, 2.45) is 10.9 Å². The normalized spacial score (nSPS) is 21.6. The molecule has 11 heteroatoms. The maximum atomic E-state index is 11.6. The second kappa shape index (κ2) is 5.63. The van der Waals surface area contributed by atoms with Gasteiger partial charge in [0, 0.05) is 25.4 Å². The molecule has 112 valence electrons. The third-order valence-electron chi connectivity index (χ3n) is 3.13. The molecule has 1 aromatic heterocycles. The molecule has 0 amide bonds. The van der Waals surface area contributed by atoms with Gasteiger partial charge in [0.1, 0.15) is 9.92 Å². The third kappa shape index (κ3) is 3.17. The van der Waals surface area contributed by atoms with Crippen molar-refractivity contribution in [3.05, 3.63) is 5.69 Å². The second-order valence-electron chi connectivity index (χ2n) is 4.60. The van der Waals surface area contributed by atoms with Crippen LogP contribution in [0.2, 0.25) is 0 Å². The van der Waals surface area contributed by atoms with Crippen LogP contribution in [0.4, 0.5) is 5.82 Å². The number of nitrogens with two attached hydrogens (primary N) is 1. The fourth-order valence-corrected chi connectivity index (χ4v) is 2.95. The highest BCUT2D eigenvalue weighted by Crippen LogP contribution is 2.19. The fourth-order valence-electron chi connectivity index (χ4n) is 2.04. The average molecular weight is 303 g/mol. The SMILES string of the molecule is CS(=N)(=O)N1CCC(Nc2nonc2/C(N)=N\O)CC1. The monoisotopic (exact) mass is 303 g/mol. The van der Waals surface area contributed by atoms with Gasteiger partial charge in [0.25, 0.3) is 0 Å². The molecule has 1 unspecified atom stereocenters. The van der Waals surface area contributed by atoms with E-state index < -0.39 is 9.92 Å². The van der Waals surface area contributed by atoms with Gasteiger partial charge in [-0.2, -0.15) is 0 Å². The Morgan fingerprint density at radius 3 is 2.80 bits per heavy atom. The number of nitrogens with one attached hydrogen (secondary N) is 2. The van der Waals surface area contributed by atoms with E-state index in [4.69, 9.17) is 15.7 Å². The van der Waals surface area contributed by atoms with Crippen molar-refractivity contribution in [2.45, 2.75) is 18.9 Å². The first-order valence-electron chi connectivity index (χ1n) is 5.97. The van der Waals surface area contributed by atoms with Gasteiger partial charge < -0.3 is 16.3 Å². The summed E-state index contributed by atoms with van der Waals surface area (Å²) in [5.74, 6) is 0.121. The van der Waals surface area contributed by atoms with E-state index in [0.717, 1.165) is 0 Å². The van der Waals surface area contributed by atoms with Crippen LogP contribution in [0, 0.1) is 4.78 Å². The van der Waals surface area contributed by atoms with Gasteiger partial charge in [-0.1, -0.05) is 5.16 Å². The lowest BCUT2D eigenvalue weighted by Gasteiger charge is -2.31. The second-order valence-corrected chi connectivity index (χ2v) is 6.72. The van der Waals surface area contributed by atoms with Crippen molar-refractivity contribution >= 4 is 21.6 Å². The number of oxime groups is 1. The van der Waals surface area contributed by atoms with Crippen molar-refractivity contribution < 1.29 is 14.0 Å². The summed E-state index contributed by atoms with van der Waals surface area (Å²) in [4.78, 5) is 0. The van der Waals surface area contributed by atoms with Crippen LogP contribution < -0.4 is 11.1 Å². The molecule has 10 nitrogen and oxygen atoms in total. The molecule has 0 aliphatic carbocycles. The van der Waals surface area contributed by atoms with E-state index in [-0.39, 0.29) is 17.6 Å². The number of rotatable bonds is 4. The molecule has 0 radical (unpaired) electrons. The largest absolute Gasteiger partial charge is 0.409 e. The Kier molecular flexibility index (Phi) is 4.09. The zero-order chi connectivity index (χ0) is 14.8. The number of nitrogens with zero attached hydrogens (tertiary/aromatic N) is 4. The highest BCUT2D eigenvalue weighted by molar-refractivity contribution is 7.89. The third-order valence-corrected chi connectivity index (χ3v) is 4.48. The van der Waals surface area contributed by atoms with E-state index >= 15 is 0 Å². The van der Waals surface area contributed by atoms with Gasteiger partial charge in [-0.25, -0.2) is 17.9 Å². The van der Waals surface area contributed by atoms with Gasteiger partial charge in [0.05, 0.1) is 0 Å². The minimum absolute atomic E-state index is 0.0742. The zero-order valence-electron chi connectivity index (χ0n) is 10.9. The van der Waals surface area contributed by atoms with Crippen molar-refractivity contribution in [1.82, 2.24) is 14.6 Å². The van der Waals surface area contributed by atoms with Crippen LogP contribution in [0.1, 0.15) is 18.5 Å². The summed E-state index contributed by atoms with van der Waals surface area (Å²) < 4.78 is 25.4. The molecule has 0 aromatic carbocycles. The molecule has 5 N–H and O–H groups in total. The molecule has 0 saturated carbocycles. The Balaban J connectivity index is 1.98. The molecule has 1 atom stereocenters. The summed E-state index contributed by atoms with van der Waals surface area (Å²) in [6.07, 6.45) is 2.82. The smallest absolute Gasteiger partial charge is 0.202 e. The maximum absolute atomic E-state index is 11.6. The van der Waals surface area contributed by atoms with E-state index in [0.29, 0.717) is 31.7 Å². The van der Waals surface area contributed by atoms with Crippen LogP contribution in [-0.2, 0) is 9.92 Å². The van der Waals surface area contributed by atoms with Gasteiger partial charge in [-0.05, 0) is 23.2 Å². The summed E-state index contributed by atoms with van der Waals surface area (Å²) in [5, 5.41) is 21.8. The first-order chi connectivity index (χ1) is 9.41. The van der Waals surface area contributed by atoms with Crippen molar-refractivity contribution in [1.29, 1.82) is 4.78 Å². The topological polar surface area (TPSA) is 154 Å². The predicted octanol–water partition coefficient (Wildman–Crippen LogP) is -0.368. The van der Waals surface area contributed by atoms with E-state index in [1.807, 2.05) is 0 Å². The average Bonchev–Trinajstić information content (AvgIpc) is 2.85. The van der Waals surface area contributed by atoms with Crippen molar-refractivity contribution in [3.8, 4) is 0 Å². The van der Waals surface area contributed by atoms with E-state index in [1.54, 1.807) is 4.31 Å². The van der Waals surface area contributed by atoms with Gasteiger partial charge in [-0.15, -0.1) is 0 Å². The highest BCUT2D eigenvalue weighted by atomic mass is 32.2. The van der Waals surface area contributed by atoms with Gasteiger partial charge in [0.2, 0.25) is 5.82 Å². The summed E-state index contributed by atoms with van der Waals surface area (Å²) in [6.45, 7) is 1.11. The minimum Gasteiger partial charge on any atom is -0.409 e. The zero-order valence-corrected chi connectivity index (χ0v) is 11.8. The molecule has 1 saturated heterocycles. The molecule has 2 heterocycles. The predicted molar refractivity (Wildman–Crippen MR) is 71.8 cm³/mol. The lowest BCUT2D eigenvalue weighted by atomic mass is 10.1. The van der Waals surface area contributed by atoms with Crippen molar-refractivity contribution in [3.63, 3.8) is 0 Å². The number of aromatic nitrogens is 2. The number of hydrogen-bond donors (Lipinski definition) is 4. The van der Waals surface area contributed by atoms with Gasteiger partial charge in [0.15, 0.2) is 11.5 Å². The molecule has 20 heavy (non-hydrogen) atoms. The summed E-state index contributed by atoms with van der Waals surface area (Å²) in [6, 6.07) is 0.0742. The first kappa shape index (κ1) is 14.5. The highest BCUT2D eigenvalue weighted by Gasteiger charge is 2.25. The number of anilines is 1. The van der Waals surface area contributed by atoms with Crippen LogP contribution in [0.15, 0.2) is 9.78 Å². The fraction of sp³-hybridized carbons (Fsp3) is 0.667. The molecular formula is C9H17N7O3S. The Morgan fingerprint density at radius 1 is 1.60 bits per heavy atom. The maximum Gasteiger partial charge on any atom is 0.202 e. The molecule has 0 bridgehead atoms. The van der Waals surface area contributed by atoms with Crippen LogP contribution in [-0.4, -0.2) is 55.3 Å². The quantitative estimate of drug-likeness (QED) is 0.256. The van der Waals surface area contributed by atoms with E-state index in [9.17, 15) is 4.21 Å². The molecule has 2 rings (SSSR count). The first-order valence-corrected chi connectivity index (χ1v) is 7.90. The molecule has 1 aliphatic heterocycles. The number of piperidine rings is 1. The number of hydrogen-bond acceptors (Lipinski definition) is 8. The Morgan fingerprint density at radius 2 is 2.25 bits per heavy atom. The van der Waals surface area contributed by atoms with Crippen LogP contribution >= 0.6 is 0 Å². The molecule has 1 fully saturated rings. The van der Waals surface area contributed by atoms with Crippen molar-refractivity contribution in [2.75, 3.05) is 24.7 Å². The standard InChI is InChI=1S/C9H17N7O3S/c1-20(11,18)16-4-2-6(3-5-16)12-9-7(8(10)13-17)14-19-15-9/h6,11,17H,2-5H2,1H3,(H2,10,13)(H,12,15). The Labute approximate surface area is 116 Å². The summed E-state index contributed by atoms with van der Waals surface area (Å²) in [5.41, 5.74) is 5.60. The van der Waals surface area contributed by atoms with Crippen LogP contribution in [0.5, 0.6) is 0 Å². The van der Waals surface area contributed by atoms with E-state index in [1.165, 1.54) is 6.26 Å². The lowest BCUT2D eigenvalue weighted by molar-refractivity contribution is 0.303. The van der Waals surface area contributed by atoms with Crippen LogP contribution in [0.25, 0.3) is 0 Å².